The number of benzene rings is 8. The molecule has 5 saturated heterocycles. The van der Waals surface area contributed by atoms with Crippen LogP contribution in [0.15, 0.2) is 268 Å². The highest BCUT2D eigenvalue weighted by atomic mass is 35.5. The fourth-order valence-corrected chi connectivity index (χ4v) is 27.4. The molecule has 0 bridgehead atoms. The van der Waals surface area contributed by atoms with Crippen LogP contribution in [0.3, 0.4) is 0 Å². The Labute approximate surface area is 748 Å². The zero-order valence-corrected chi connectivity index (χ0v) is 78.3. The third-order valence-corrected chi connectivity index (χ3v) is 36.2. The minimum Gasteiger partial charge on any atom is -0.497 e. The maximum Gasteiger partial charge on any atom is 0.127 e. The highest BCUT2D eigenvalue weighted by Crippen LogP contribution is 2.35. The predicted molar refractivity (Wildman–Crippen MR) is 521 cm³/mol. The van der Waals surface area contributed by atoms with E-state index in [2.05, 4.69) is 135 Å². The van der Waals surface area contributed by atoms with Gasteiger partial charge in [-0.05, 0) is 322 Å². The molecule has 0 saturated carbocycles. The molecule has 5 aliphatic heterocycles. The van der Waals surface area contributed by atoms with Gasteiger partial charge in [-0.1, -0.05) is 175 Å². The summed E-state index contributed by atoms with van der Waals surface area (Å²) < 4.78 is 110. The first-order valence-electron chi connectivity index (χ1n) is 44.2. The van der Waals surface area contributed by atoms with E-state index < -0.39 is 48.5 Å². The van der Waals surface area contributed by atoms with Gasteiger partial charge in [-0.15, -0.1) is 0 Å². The summed E-state index contributed by atoms with van der Waals surface area (Å²) in [4.78, 5) is 12.2. The molecular weight excluding hydrogens is 1660 g/mol. The summed E-state index contributed by atoms with van der Waals surface area (Å²) in [6.45, 7) is 12.4. The van der Waals surface area contributed by atoms with E-state index in [-0.39, 0.29) is 23.7 Å². The van der Waals surface area contributed by atoms with E-state index in [9.17, 15) is 29.8 Å². The largest absolute Gasteiger partial charge is 0.497 e. The molecule has 8 aromatic carbocycles. The Bertz CT molecular complexity index is 5560. The van der Waals surface area contributed by atoms with Gasteiger partial charge in [0.2, 0.25) is 0 Å². The van der Waals surface area contributed by atoms with Crippen LogP contribution in [0, 0.1) is 39.3 Å². The van der Waals surface area contributed by atoms with E-state index in [1.807, 2.05) is 142 Å². The van der Waals surface area contributed by atoms with Crippen molar-refractivity contribution in [1.29, 1.82) is 0 Å². The summed E-state index contributed by atoms with van der Waals surface area (Å²) in [6.07, 6.45) is 33.2. The first-order valence-corrected chi connectivity index (χ1v) is 53.0. The van der Waals surface area contributed by atoms with Crippen LogP contribution in [0.4, 0.5) is 8.78 Å². The van der Waals surface area contributed by atoms with Crippen molar-refractivity contribution in [2.24, 2.45) is 0 Å². The summed E-state index contributed by atoms with van der Waals surface area (Å²) in [5.74, 6) is 20.7. The second-order valence-corrected chi connectivity index (χ2v) is 45.4. The van der Waals surface area contributed by atoms with E-state index in [0.717, 1.165) is 198 Å². The third kappa shape index (κ3) is 27.2. The lowest BCUT2D eigenvalue weighted by atomic mass is 9.97. The first-order chi connectivity index (χ1) is 59.6. The van der Waals surface area contributed by atoms with Crippen molar-refractivity contribution in [3.8, 4) is 5.75 Å². The van der Waals surface area contributed by atoms with E-state index in [1.165, 1.54) is 76.4 Å². The number of hydrogen-bond acceptors (Lipinski definition) is 8. The first kappa shape index (κ1) is 96.5. The van der Waals surface area contributed by atoms with Crippen molar-refractivity contribution >= 4 is 89.5 Å². The third-order valence-electron chi connectivity index (χ3n) is 24.8. The van der Waals surface area contributed by atoms with Crippen LogP contribution >= 0.6 is 11.6 Å². The topological polar surface area (TPSA) is 137 Å². The molecule has 5 fully saturated rings. The van der Waals surface area contributed by atoms with Gasteiger partial charge in [0.05, 0.1) is 55.6 Å². The van der Waals surface area contributed by atoms with Crippen molar-refractivity contribution in [3.05, 3.63) is 310 Å². The Hall–Kier alpha value is -8.09. The van der Waals surface area contributed by atoms with Gasteiger partial charge in [0.15, 0.2) is 0 Å². The number of ether oxygens (including phenoxy) is 1. The molecule has 21 heteroatoms. The number of halogens is 3. The number of aryl methyl sites for hydroxylation is 9. The Morgan fingerprint density at radius 1 is 0.347 bits per heavy atom. The molecule has 2 aromatic heterocycles. The van der Waals surface area contributed by atoms with E-state index in [0.29, 0.717) is 40.0 Å². The minimum absolute atomic E-state index is 0.144. The molecule has 0 aliphatic carbocycles. The molecule has 664 valence electrons. The van der Waals surface area contributed by atoms with Crippen LogP contribution in [-0.2, 0) is 80.6 Å². The Morgan fingerprint density at radius 3 is 0.944 bits per heavy atom. The fourth-order valence-electron chi connectivity index (χ4n) is 17.5. The van der Waals surface area contributed by atoms with E-state index in [1.54, 1.807) is 43.8 Å². The minimum atomic E-state index is -2.57. The van der Waals surface area contributed by atoms with Crippen LogP contribution in [0.2, 0.25) is 5.02 Å². The quantitative estimate of drug-likeness (QED) is 0.0489. The molecule has 15 rings (SSSR count). The SMILES string of the molecule is C=S(=O)(c1ccc(C)cc1)N1CCCCC1CCc1ccc(Cl)cc1F.C=S(=O)(c1ccc(C)cc1)N1CCCCC1CCc1cccnc1.C=S(=O)(c1ccc(F)cc1)N1CCCCC1CCc1ccc(C)cc1.C=S(=O)(c1ccc(OC)cc1)N1CCCCC1CCc1cccnc1.C=S(=O)(c1ccccc1)N1CCCCC1CCc1ccc(C)cc1. The van der Waals surface area contributed by atoms with Crippen LogP contribution in [-0.4, -0.2) is 152 Å². The van der Waals surface area contributed by atoms with Gasteiger partial charge in [-0.25, -0.2) is 51.4 Å². The Kier molecular flexibility index (Phi) is 36.3. The average molecular weight is 1800 g/mol. The number of nitrogens with zero attached hydrogens (tertiary/aromatic N) is 7. The monoisotopic (exact) mass is 1790 g/mol. The van der Waals surface area contributed by atoms with Crippen LogP contribution in [0.1, 0.15) is 178 Å². The highest BCUT2D eigenvalue weighted by Gasteiger charge is 2.35. The lowest BCUT2D eigenvalue weighted by Crippen LogP contribution is -2.43. The van der Waals surface area contributed by atoms with Crippen molar-refractivity contribution in [3.63, 3.8) is 0 Å². The van der Waals surface area contributed by atoms with Crippen molar-refractivity contribution in [2.75, 3.05) is 39.8 Å². The van der Waals surface area contributed by atoms with Crippen molar-refractivity contribution in [1.82, 2.24) is 31.5 Å². The van der Waals surface area contributed by atoms with Gasteiger partial charge in [0.1, 0.15) is 17.4 Å². The smallest absolute Gasteiger partial charge is 0.127 e. The Balaban J connectivity index is 0.000000151. The average Bonchev–Trinajstić information content (AvgIpc) is 0.810. The van der Waals surface area contributed by atoms with Gasteiger partial charge in [0.25, 0.3) is 0 Å². The molecule has 5 aliphatic rings. The maximum absolute atomic E-state index is 14.1. The molecule has 7 heterocycles. The second-order valence-electron chi connectivity index (χ2n) is 33.8. The molecule has 124 heavy (non-hydrogen) atoms. The number of pyridine rings is 2. The summed E-state index contributed by atoms with van der Waals surface area (Å²) >= 11 is 5.83. The molecule has 0 spiro atoms. The number of piperidine rings is 5. The molecule has 10 unspecified atom stereocenters. The summed E-state index contributed by atoms with van der Waals surface area (Å²) in [6, 6.07) is 70.6. The number of methoxy groups -OCH3 is 1. The number of rotatable bonds is 26. The zero-order valence-electron chi connectivity index (χ0n) is 73.5. The zero-order chi connectivity index (χ0) is 88.3. The highest BCUT2D eigenvalue weighted by molar-refractivity contribution is 7.99. The molecular formula is C103H130ClF2N7O6S5. The standard InChI is InChI=1S/C21H25ClFNOS.C21H26FNOS.C21H27NOS.C20H26N2O2S.C20H26N2OS/c1-16-6-12-20(13-7-16)26(2,25)24-14-4-3-5-19(24)11-9-17-8-10-18(22)15-21(17)23;1-17-6-8-18(9-7-17)10-13-20-5-3-4-16-23(20)25(2,24)21-14-11-19(22)12-15-21;1-18-11-13-19(14-12-18)15-16-20-8-6-7-17-22(20)24(2,23)21-9-4-3-5-10-21;1-24-19-10-12-20(13-11-19)25(2,23)22-15-4-3-7-18(22)9-8-17-6-5-14-21-16-17;1-17-8-12-20(13-9-17)24(2,23)22-15-4-3-7-19(22)11-10-18-6-5-14-21-16-18/h6-8,10,12-13,15,19H,2-5,9,11,14H2,1H3;6-9,11-12,14-15,20H,2-5,10,13,16H2,1H3;3-5,9-14,20H,2,6-8,15-17H2,1H3;5-6,10-14,16,18H,2-4,7-9,15H2,1H3;5-6,8-9,12-14,16,19H,2-4,7,10-11,15H2,1H3. The fraction of sp³-hybridized carbons (Fsp3) is 0.388. The molecule has 13 nitrogen and oxygen atoms in total. The van der Waals surface area contributed by atoms with Crippen LogP contribution < -0.4 is 4.74 Å². The second kappa shape index (κ2) is 46.6. The van der Waals surface area contributed by atoms with Crippen molar-refractivity contribution < 1.29 is 34.6 Å². The predicted octanol–water partition coefficient (Wildman–Crippen LogP) is 21.8. The maximum atomic E-state index is 14.1. The molecule has 0 amide bonds. The lowest BCUT2D eigenvalue weighted by molar-refractivity contribution is 0.250. The molecule has 0 radical (unpaired) electrons. The number of hydrogen-bond donors (Lipinski definition) is 0. The van der Waals surface area contributed by atoms with E-state index in [4.69, 9.17) is 16.3 Å². The summed E-state index contributed by atoms with van der Waals surface area (Å²) in [5.41, 5.74) is 10.7. The number of aromatic nitrogens is 2. The Morgan fingerprint density at radius 2 is 0.637 bits per heavy atom. The van der Waals surface area contributed by atoms with E-state index >= 15 is 0 Å². The molecule has 10 atom stereocenters. The van der Waals surface area contributed by atoms with Crippen molar-refractivity contribution in [2.45, 2.75) is 243 Å². The normalized spacial score (nSPS) is 21.0. The van der Waals surface area contributed by atoms with Crippen LogP contribution in [0.25, 0.3) is 0 Å². The van der Waals surface area contributed by atoms with Gasteiger partial charge in [-0.3, -0.25) is 9.97 Å². The van der Waals surface area contributed by atoms with Gasteiger partial charge in [0, 0.05) is 117 Å². The summed E-state index contributed by atoms with van der Waals surface area (Å²) in [7, 11) is -10.8. The molecule has 10 aromatic rings. The molecule has 0 N–H and O–H groups in total. The van der Waals surface area contributed by atoms with Gasteiger partial charge in [-0.2, -0.15) is 0 Å². The van der Waals surface area contributed by atoms with Gasteiger partial charge >= 0.3 is 0 Å². The van der Waals surface area contributed by atoms with Crippen LogP contribution in [0.5, 0.6) is 5.75 Å². The lowest BCUT2D eigenvalue weighted by Gasteiger charge is -2.38. The van der Waals surface area contributed by atoms with Gasteiger partial charge < -0.3 is 4.74 Å². The summed E-state index contributed by atoms with van der Waals surface area (Å²) in [5, 5.41) is 0.408.